The highest BCUT2D eigenvalue weighted by Crippen LogP contribution is 2.40. The zero-order valence-electron chi connectivity index (χ0n) is 30.6. The van der Waals surface area contributed by atoms with Crippen LogP contribution >= 0.6 is 11.3 Å². The highest BCUT2D eigenvalue weighted by molar-refractivity contribution is 7.13. The van der Waals surface area contributed by atoms with Gasteiger partial charge in [0.1, 0.15) is 24.4 Å². The van der Waals surface area contributed by atoms with E-state index in [9.17, 15) is 23.9 Å². The third-order valence-corrected chi connectivity index (χ3v) is 9.72. The van der Waals surface area contributed by atoms with E-state index in [0.29, 0.717) is 70.7 Å². The van der Waals surface area contributed by atoms with Crippen molar-refractivity contribution in [1.29, 1.82) is 0 Å². The van der Waals surface area contributed by atoms with Gasteiger partial charge in [0.15, 0.2) is 5.67 Å². The molecule has 2 heterocycles. The topological polar surface area (TPSA) is 184 Å². The van der Waals surface area contributed by atoms with E-state index >= 15 is 0 Å². The number of aliphatic hydroxyl groups excluding tert-OH is 1. The second-order valence-electron chi connectivity index (χ2n) is 14.0. The molecule has 14 nitrogen and oxygen atoms in total. The first-order chi connectivity index (χ1) is 24.8. The number of nitrogens with two attached hydrogens (primary N) is 1. The Hall–Kier alpha value is -3.25. The maximum absolute atomic E-state index is 14.5. The van der Waals surface area contributed by atoms with Gasteiger partial charge in [-0.1, -0.05) is 32.9 Å². The van der Waals surface area contributed by atoms with E-state index in [-0.39, 0.29) is 39.0 Å². The molecular weight excluding hydrogens is 697 g/mol. The molecule has 5 N–H and O–H groups in total. The van der Waals surface area contributed by atoms with Crippen molar-refractivity contribution in [3.8, 4) is 16.2 Å². The van der Waals surface area contributed by atoms with Crippen LogP contribution < -0.4 is 21.1 Å². The summed E-state index contributed by atoms with van der Waals surface area (Å²) in [7, 11) is 0. The number of aromatic nitrogens is 1. The molecule has 52 heavy (non-hydrogen) atoms. The van der Waals surface area contributed by atoms with Crippen LogP contribution in [0.5, 0.6) is 5.75 Å². The predicted molar refractivity (Wildman–Crippen MR) is 193 cm³/mol. The Morgan fingerprint density at radius 2 is 1.65 bits per heavy atom. The molecule has 0 spiro atoms. The van der Waals surface area contributed by atoms with Gasteiger partial charge in [0.05, 0.1) is 75.0 Å². The molecule has 16 heteroatoms. The number of hydrogen-bond donors (Lipinski definition) is 4. The summed E-state index contributed by atoms with van der Waals surface area (Å²) in [4.78, 5) is 46.6. The number of nitrogens with zero attached hydrogens (tertiary/aromatic N) is 2. The first kappa shape index (κ1) is 41.5. The lowest BCUT2D eigenvalue weighted by molar-refractivity contribution is -0.145. The molecule has 0 radical (unpaired) electrons. The summed E-state index contributed by atoms with van der Waals surface area (Å²) in [5, 5.41) is 16.0. The standard InChI is InChI=1S/C36H54FN5O9S/c1-24-30(52-23-40-24)25-5-6-26(29(19-25)51-18-17-50-16-15-49-14-13-48-12-11-47-10-9-38)21-39-32(44)28-20-27(43)22-42(28)33(45)31(35(2,3)4)41-34(46)36(37)7-8-36/h5-6,19,23,27-28,31,43H,7-18,20-22,38H2,1-4H3,(H,39,44)(H,41,46)/t27?,28?,31-/m1/s1. The van der Waals surface area contributed by atoms with Gasteiger partial charge in [0, 0.05) is 31.6 Å². The minimum atomic E-state index is -1.96. The molecule has 1 aromatic carbocycles. The number of nitrogens with one attached hydrogen (secondary N) is 2. The van der Waals surface area contributed by atoms with Crippen LogP contribution in [-0.4, -0.2) is 129 Å². The van der Waals surface area contributed by atoms with Gasteiger partial charge in [0.2, 0.25) is 11.8 Å². The monoisotopic (exact) mass is 751 g/mol. The first-order valence-corrected chi connectivity index (χ1v) is 18.7. The van der Waals surface area contributed by atoms with Gasteiger partial charge in [-0.3, -0.25) is 14.4 Å². The number of amides is 3. The van der Waals surface area contributed by atoms with Crippen molar-refractivity contribution in [2.75, 3.05) is 72.6 Å². The molecule has 1 aromatic heterocycles. The molecule has 0 bridgehead atoms. The molecule has 1 aliphatic heterocycles. The summed E-state index contributed by atoms with van der Waals surface area (Å²) in [6.07, 6.45) is -0.681. The fraction of sp³-hybridized carbons (Fsp3) is 0.667. The number of aryl methyl sites for hydroxylation is 1. The summed E-state index contributed by atoms with van der Waals surface area (Å²) >= 11 is 1.51. The molecule has 290 valence electrons. The van der Waals surface area contributed by atoms with Crippen molar-refractivity contribution >= 4 is 29.1 Å². The average Bonchev–Trinajstić information content (AvgIpc) is 3.51. The first-order valence-electron chi connectivity index (χ1n) is 17.8. The molecule has 1 saturated heterocycles. The van der Waals surface area contributed by atoms with E-state index in [1.807, 2.05) is 25.1 Å². The van der Waals surface area contributed by atoms with Crippen LogP contribution in [0.25, 0.3) is 10.4 Å². The van der Waals surface area contributed by atoms with Gasteiger partial charge in [-0.05, 0) is 36.8 Å². The molecule has 2 fully saturated rings. The van der Waals surface area contributed by atoms with Crippen LogP contribution in [0.3, 0.4) is 0 Å². The van der Waals surface area contributed by atoms with E-state index in [1.165, 1.54) is 16.2 Å². The SMILES string of the molecule is Cc1ncsc1-c1ccc(CNC(=O)C2CC(O)CN2C(=O)[C@@H](NC(=O)C2(F)CC2)C(C)(C)C)c(OCCOCCOCCOCCOCCN)c1. The predicted octanol–water partition coefficient (Wildman–Crippen LogP) is 2.13. The Morgan fingerprint density at radius 1 is 1.04 bits per heavy atom. The quantitative estimate of drug-likeness (QED) is 0.129. The van der Waals surface area contributed by atoms with Crippen molar-refractivity contribution in [3.05, 3.63) is 35.0 Å². The molecule has 2 aromatic rings. The van der Waals surface area contributed by atoms with Crippen molar-refractivity contribution < 1.29 is 47.6 Å². The van der Waals surface area contributed by atoms with Crippen LogP contribution in [0.15, 0.2) is 23.7 Å². The van der Waals surface area contributed by atoms with E-state index in [2.05, 4.69) is 15.6 Å². The van der Waals surface area contributed by atoms with Gasteiger partial charge in [-0.2, -0.15) is 0 Å². The van der Waals surface area contributed by atoms with Gasteiger partial charge in [0.25, 0.3) is 5.91 Å². The lowest BCUT2D eigenvalue weighted by Gasteiger charge is -2.35. The molecule has 2 unspecified atom stereocenters. The number of alkyl halides is 1. The highest BCUT2D eigenvalue weighted by atomic mass is 32.1. The maximum Gasteiger partial charge on any atom is 0.258 e. The smallest absolute Gasteiger partial charge is 0.258 e. The maximum atomic E-state index is 14.5. The van der Waals surface area contributed by atoms with Gasteiger partial charge in [-0.25, -0.2) is 9.37 Å². The molecule has 2 aliphatic rings. The minimum Gasteiger partial charge on any atom is -0.491 e. The second-order valence-corrected chi connectivity index (χ2v) is 14.9. The van der Waals surface area contributed by atoms with Crippen LogP contribution in [0, 0.1) is 12.3 Å². The van der Waals surface area contributed by atoms with Crippen molar-refractivity contribution in [2.45, 2.75) is 77.4 Å². The Balaban J connectivity index is 1.31. The second kappa shape index (κ2) is 19.7. The third-order valence-electron chi connectivity index (χ3n) is 8.74. The number of ether oxygens (including phenoxy) is 5. The fourth-order valence-electron chi connectivity index (χ4n) is 5.63. The van der Waals surface area contributed by atoms with Crippen LogP contribution in [0.1, 0.15) is 51.3 Å². The number of thiazole rings is 1. The summed E-state index contributed by atoms with van der Waals surface area (Å²) in [6.45, 7) is 11.4. The van der Waals surface area contributed by atoms with E-state index in [4.69, 9.17) is 29.4 Å². The van der Waals surface area contributed by atoms with Crippen molar-refractivity contribution in [1.82, 2.24) is 20.5 Å². The number of carbonyl (C=O) groups is 3. The molecule has 1 saturated carbocycles. The van der Waals surface area contributed by atoms with Gasteiger partial charge in [-0.15, -0.1) is 11.3 Å². The molecule has 3 atom stereocenters. The summed E-state index contributed by atoms with van der Waals surface area (Å²) < 4.78 is 42.5. The number of hydrogen-bond acceptors (Lipinski definition) is 12. The number of likely N-dealkylation sites (tertiary alicyclic amines) is 1. The molecule has 4 rings (SSSR count). The minimum absolute atomic E-state index is 0.0284. The van der Waals surface area contributed by atoms with Gasteiger partial charge >= 0.3 is 0 Å². The van der Waals surface area contributed by atoms with Gasteiger partial charge < -0.3 is 50.1 Å². The van der Waals surface area contributed by atoms with E-state index < -0.39 is 47.0 Å². The highest BCUT2D eigenvalue weighted by Gasteiger charge is 2.53. The Labute approximate surface area is 308 Å². The summed E-state index contributed by atoms with van der Waals surface area (Å²) in [5.74, 6) is -1.28. The average molecular weight is 752 g/mol. The van der Waals surface area contributed by atoms with Crippen LogP contribution in [0.4, 0.5) is 4.39 Å². The number of benzene rings is 1. The van der Waals surface area contributed by atoms with E-state index in [1.54, 1.807) is 26.3 Å². The molecule has 1 aliphatic carbocycles. The lowest BCUT2D eigenvalue weighted by Crippen LogP contribution is -2.59. The van der Waals surface area contributed by atoms with Crippen LogP contribution in [-0.2, 0) is 39.9 Å². The number of rotatable bonds is 22. The Bertz CT molecular complexity index is 1470. The normalized spacial score (nSPS) is 18.6. The van der Waals surface area contributed by atoms with E-state index in [0.717, 1.165) is 16.1 Å². The number of halogens is 1. The largest absolute Gasteiger partial charge is 0.491 e. The number of β-amino-alcohol motifs (C(OH)–C–C–N with tert-alkyl or cyclic N) is 1. The Morgan fingerprint density at radius 3 is 2.21 bits per heavy atom. The third kappa shape index (κ3) is 12.1. The fourth-order valence-corrected chi connectivity index (χ4v) is 6.43. The lowest BCUT2D eigenvalue weighted by atomic mass is 9.85. The van der Waals surface area contributed by atoms with Crippen molar-refractivity contribution in [3.63, 3.8) is 0 Å². The molecular formula is C36H54FN5O9S. The van der Waals surface area contributed by atoms with Crippen molar-refractivity contribution in [2.24, 2.45) is 11.1 Å². The summed E-state index contributed by atoms with van der Waals surface area (Å²) in [5.41, 5.74) is 6.92. The number of carbonyl (C=O) groups excluding carboxylic acids is 3. The molecule has 3 amide bonds. The zero-order chi connectivity index (χ0) is 37.7. The Kier molecular flexibility index (Phi) is 15.7. The summed E-state index contributed by atoms with van der Waals surface area (Å²) in [6, 6.07) is 3.63. The zero-order valence-corrected chi connectivity index (χ0v) is 31.4. The number of aliphatic hydroxyl groups is 1. The van der Waals surface area contributed by atoms with Crippen LogP contribution in [0.2, 0.25) is 0 Å².